The fourth-order valence-corrected chi connectivity index (χ4v) is 2.84. The largest absolute Gasteiger partial charge is 0.480 e. The Morgan fingerprint density at radius 2 is 1.67 bits per heavy atom. The Bertz CT molecular complexity index is 689. The zero-order valence-corrected chi connectivity index (χ0v) is 15.7. The fraction of sp³-hybridized carbons (Fsp3) is 0.556. The smallest absolute Gasteiger partial charge is 0.432 e. The molecule has 1 heterocycles. The highest BCUT2D eigenvalue weighted by Gasteiger charge is 2.36. The average Bonchev–Trinajstić information content (AvgIpc) is 2.77. The first-order valence-electron chi connectivity index (χ1n) is 6.78. The first-order valence-corrected chi connectivity index (χ1v) is 9.96. The van der Waals surface area contributed by atoms with Gasteiger partial charge in [-0.05, 0) is 0 Å². The van der Waals surface area contributed by atoms with Crippen molar-refractivity contribution in [1.29, 1.82) is 10.8 Å². The molecule has 0 amide bonds. The molecule has 1 fully saturated rings. The zero-order valence-electron chi connectivity index (χ0n) is 13.9. The molecule has 156 valence electrons. The molecular formula is C9H20N6O10P2. The molecule has 0 spiro atoms. The second-order valence-corrected chi connectivity index (χ2v) is 7.85. The van der Waals surface area contributed by atoms with E-state index < -0.39 is 52.4 Å². The molecular weight excluding hydrogens is 414 g/mol. The monoisotopic (exact) mass is 434 g/mol. The van der Waals surface area contributed by atoms with E-state index in [0.717, 1.165) is 9.80 Å². The lowest BCUT2D eigenvalue weighted by Gasteiger charge is -2.20. The Kier molecular flexibility index (Phi) is 8.85. The zero-order chi connectivity index (χ0) is 21.6. The number of nitrogens with zero attached hydrogens (tertiary/aromatic N) is 3. The summed E-state index contributed by atoms with van der Waals surface area (Å²) in [6.07, 6.45) is 0. The van der Waals surface area contributed by atoms with Crippen molar-refractivity contribution < 1.29 is 48.5 Å². The molecule has 16 nitrogen and oxygen atoms in total. The van der Waals surface area contributed by atoms with Crippen molar-refractivity contribution in [2.45, 2.75) is 0 Å². The lowest BCUT2D eigenvalue weighted by Crippen LogP contribution is -2.39. The standard InChI is InChI=1S/C5H10N3O5P.C4H10N3O5P/c6-5-7(3-4(9)10)1-2-8(5)14(11,12)13;1-7(2-3(8)9)4(5)6-13(10,11)12/h6H,1-3H2,(H,9,10)(H2,11,12,13);2H2,1H3,(H,8,9)(H4,5,6,10,11,12). The summed E-state index contributed by atoms with van der Waals surface area (Å²) < 4.78 is 21.7. The summed E-state index contributed by atoms with van der Waals surface area (Å²) >= 11 is 0. The maximum Gasteiger partial charge on any atom is 0.432 e. The molecule has 0 radical (unpaired) electrons. The SMILES string of the molecule is CN(CC(=O)O)C(=N)NP(=O)(O)O.N=C1N(CC(=O)O)CCN1P(=O)(O)O. The molecule has 0 aliphatic carbocycles. The van der Waals surface area contributed by atoms with Crippen molar-refractivity contribution >= 4 is 39.4 Å². The van der Waals surface area contributed by atoms with Gasteiger partial charge in [-0.1, -0.05) is 0 Å². The summed E-state index contributed by atoms with van der Waals surface area (Å²) in [7, 11) is -7.78. The third kappa shape index (κ3) is 9.89. The van der Waals surface area contributed by atoms with Crippen molar-refractivity contribution in [1.82, 2.24) is 19.6 Å². The Labute approximate surface area is 152 Å². The molecule has 0 aromatic carbocycles. The number of hydrogen-bond acceptors (Lipinski definition) is 6. The number of aliphatic carboxylic acids is 2. The molecule has 1 rings (SSSR count). The Morgan fingerprint density at radius 3 is 2.00 bits per heavy atom. The van der Waals surface area contributed by atoms with Gasteiger partial charge in [0.25, 0.3) is 0 Å². The molecule has 27 heavy (non-hydrogen) atoms. The Morgan fingerprint density at radius 1 is 1.15 bits per heavy atom. The van der Waals surface area contributed by atoms with Crippen LogP contribution in [0.3, 0.4) is 0 Å². The minimum Gasteiger partial charge on any atom is -0.480 e. The van der Waals surface area contributed by atoms with Crippen LogP contribution in [0.1, 0.15) is 0 Å². The third-order valence-corrected chi connectivity index (χ3v) is 4.29. The van der Waals surface area contributed by atoms with Gasteiger partial charge in [0.15, 0.2) is 5.96 Å². The molecule has 0 atom stereocenters. The summed E-state index contributed by atoms with van der Waals surface area (Å²) in [6, 6.07) is 0. The molecule has 0 aromatic rings. The number of likely N-dealkylation sites (N-methyl/N-ethyl adjacent to an activating group) is 1. The summed E-state index contributed by atoms with van der Waals surface area (Å²) in [4.78, 5) is 56.6. The normalized spacial score (nSPS) is 14.3. The number of rotatable bonds is 6. The van der Waals surface area contributed by atoms with Gasteiger partial charge < -0.3 is 39.6 Å². The van der Waals surface area contributed by atoms with Gasteiger partial charge in [0, 0.05) is 20.1 Å². The Hall–Kier alpha value is -2.22. The molecule has 9 N–H and O–H groups in total. The molecule has 0 bridgehead atoms. The van der Waals surface area contributed by atoms with E-state index in [1.807, 2.05) is 0 Å². The van der Waals surface area contributed by atoms with Gasteiger partial charge in [-0.25, -0.2) is 13.8 Å². The quantitative estimate of drug-likeness (QED) is 0.117. The topological polar surface area (TPSA) is 259 Å². The predicted octanol–water partition coefficient (Wildman–Crippen LogP) is -2.66. The molecule has 0 saturated carbocycles. The molecule has 1 aliphatic rings. The second-order valence-electron chi connectivity index (χ2n) is 5.03. The second kappa shape index (κ2) is 9.64. The van der Waals surface area contributed by atoms with E-state index in [0.29, 0.717) is 4.67 Å². The van der Waals surface area contributed by atoms with Crippen molar-refractivity contribution in [2.75, 3.05) is 33.2 Å². The van der Waals surface area contributed by atoms with Crippen LogP contribution in [0.4, 0.5) is 0 Å². The van der Waals surface area contributed by atoms with Crippen LogP contribution in [0.15, 0.2) is 0 Å². The highest BCUT2D eigenvalue weighted by Crippen LogP contribution is 2.41. The van der Waals surface area contributed by atoms with E-state index in [4.69, 9.17) is 40.6 Å². The van der Waals surface area contributed by atoms with E-state index in [-0.39, 0.29) is 13.1 Å². The third-order valence-electron chi connectivity index (χ3n) is 2.77. The van der Waals surface area contributed by atoms with Gasteiger partial charge in [0.1, 0.15) is 13.1 Å². The van der Waals surface area contributed by atoms with Gasteiger partial charge >= 0.3 is 27.4 Å². The first-order chi connectivity index (χ1) is 12.0. The van der Waals surface area contributed by atoms with Gasteiger partial charge in [-0.15, -0.1) is 0 Å². The first kappa shape index (κ1) is 24.8. The molecule has 1 aliphatic heterocycles. The van der Waals surface area contributed by atoms with Crippen LogP contribution in [0.5, 0.6) is 0 Å². The highest BCUT2D eigenvalue weighted by atomic mass is 31.2. The molecule has 1 saturated heterocycles. The summed E-state index contributed by atoms with van der Waals surface area (Å²) in [5.41, 5.74) is 0. The van der Waals surface area contributed by atoms with E-state index in [1.54, 1.807) is 0 Å². The number of carboxylic acid groups (broad SMARTS) is 2. The highest BCUT2D eigenvalue weighted by molar-refractivity contribution is 7.50. The maximum absolute atomic E-state index is 10.8. The fourth-order valence-electron chi connectivity index (χ4n) is 1.67. The number of carboxylic acids is 2. The Balaban J connectivity index is 0.000000503. The minimum absolute atomic E-state index is 0.0314. The van der Waals surface area contributed by atoms with E-state index >= 15 is 0 Å². The lowest BCUT2D eigenvalue weighted by molar-refractivity contribution is -0.138. The van der Waals surface area contributed by atoms with E-state index in [2.05, 4.69) is 0 Å². The van der Waals surface area contributed by atoms with Crippen molar-refractivity contribution in [3.8, 4) is 0 Å². The number of nitrogens with one attached hydrogen (secondary N) is 3. The van der Waals surface area contributed by atoms with Crippen LogP contribution >= 0.6 is 15.5 Å². The van der Waals surface area contributed by atoms with Crippen LogP contribution in [0, 0.1) is 10.8 Å². The van der Waals surface area contributed by atoms with Crippen LogP contribution in [-0.4, -0.2) is 101 Å². The van der Waals surface area contributed by atoms with E-state index in [9.17, 15) is 18.7 Å². The van der Waals surface area contributed by atoms with Gasteiger partial charge in [0.2, 0.25) is 5.96 Å². The molecule has 0 aromatic heterocycles. The van der Waals surface area contributed by atoms with Crippen molar-refractivity contribution in [2.24, 2.45) is 0 Å². The van der Waals surface area contributed by atoms with Crippen LogP contribution < -0.4 is 5.09 Å². The number of guanidine groups is 2. The van der Waals surface area contributed by atoms with Gasteiger partial charge in [-0.2, -0.15) is 0 Å². The minimum atomic E-state index is -4.53. The summed E-state index contributed by atoms with van der Waals surface area (Å²) in [5, 5.41) is 32.5. The van der Waals surface area contributed by atoms with Crippen LogP contribution in [0.25, 0.3) is 0 Å². The van der Waals surface area contributed by atoms with Crippen LogP contribution in [-0.2, 0) is 18.7 Å². The summed E-state index contributed by atoms with van der Waals surface area (Å²) in [6.45, 7) is -0.826. The van der Waals surface area contributed by atoms with Gasteiger partial charge in [-0.3, -0.25) is 25.5 Å². The lowest BCUT2D eigenvalue weighted by atomic mass is 10.5. The van der Waals surface area contributed by atoms with E-state index in [1.165, 1.54) is 12.1 Å². The van der Waals surface area contributed by atoms with Crippen molar-refractivity contribution in [3.63, 3.8) is 0 Å². The van der Waals surface area contributed by atoms with Gasteiger partial charge in [0.05, 0.1) is 0 Å². The predicted molar refractivity (Wildman–Crippen MR) is 88.9 cm³/mol. The summed E-state index contributed by atoms with van der Waals surface area (Å²) in [5.74, 6) is -3.42. The number of carbonyl (C=O) groups is 2. The van der Waals surface area contributed by atoms with Crippen molar-refractivity contribution in [3.05, 3.63) is 0 Å². The number of hydrogen-bond donors (Lipinski definition) is 9. The van der Waals surface area contributed by atoms with Crippen LogP contribution in [0.2, 0.25) is 0 Å². The maximum atomic E-state index is 10.8. The molecule has 18 heteroatoms. The molecule has 0 unspecified atom stereocenters. The average molecular weight is 434 g/mol.